The Morgan fingerprint density at radius 3 is 2.52 bits per heavy atom. The van der Waals surface area contributed by atoms with Crippen molar-refractivity contribution in [3.8, 4) is 5.75 Å². The SMILES string of the molecule is Cc1cc(=O)n(CC(=O)OCCOc2ccccc2)c2ccccc12. The molecular formula is C20H19NO4. The molecule has 0 atom stereocenters. The number of esters is 1. The summed E-state index contributed by atoms with van der Waals surface area (Å²) in [6.07, 6.45) is 0. The Labute approximate surface area is 145 Å². The summed E-state index contributed by atoms with van der Waals surface area (Å²) >= 11 is 0. The first-order valence-corrected chi connectivity index (χ1v) is 8.08. The summed E-state index contributed by atoms with van der Waals surface area (Å²) in [7, 11) is 0. The zero-order valence-corrected chi connectivity index (χ0v) is 14.0. The van der Waals surface area contributed by atoms with Crippen molar-refractivity contribution >= 4 is 16.9 Å². The minimum absolute atomic E-state index is 0.120. The summed E-state index contributed by atoms with van der Waals surface area (Å²) in [5.41, 5.74) is 1.40. The maximum Gasteiger partial charge on any atom is 0.326 e. The minimum Gasteiger partial charge on any atom is -0.490 e. The molecule has 1 aromatic heterocycles. The second-order valence-electron chi connectivity index (χ2n) is 5.65. The number of carbonyl (C=O) groups is 1. The van der Waals surface area contributed by atoms with Crippen molar-refractivity contribution in [2.24, 2.45) is 0 Å². The number of hydrogen-bond donors (Lipinski definition) is 0. The van der Waals surface area contributed by atoms with Crippen molar-refractivity contribution < 1.29 is 14.3 Å². The Hall–Kier alpha value is -3.08. The molecule has 0 bridgehead atoms. The minimum atomic E-state index is -0.465. The number of aryl methyl sites for hydroxylation is 1. The lowest BCUT2D eigenvalue weighted by atomic mass is 10.1. The summed E-state index contributed by atoms with van der Waals surface area (Å²) in [5, 5.41) is 0.947. The van der Waals surface area contributed by atoms with Gasteiger partial charge in [0.2, 0.25) is 0 Å². The summed E-state index contributed by atoms with van der Waals surface area (Å²) in [5.74, 6) is 0.257. The monoisotopic (exact) mass is 337 g/mol. The topological polar surface area (TPSA) is 57.5 Å². The Morgan fingerprint density at radius 1 is 1.00 bits per heavy atom. The molecule has 1 heterocycles. The van der Waals surface area contributed by atoms with Gasteiger partial charge in [-0.1, -0.05) is 36.4 Å². The fraction of sp³-hybridized carbons (Fsp3) is 0.200. The molecule has 0 unspecified atom stereocenters. The smallest absolute Gasteiger partial charge is 0.326 e. The maximum absolute atomic E-state index is 12.2. The fourth-order valence-electron chi connectivity index (χ4n) is 2.67. The normalized spacial score (nSPS) is 10.6. The first-order chi connectivity index (χ1) is 12.1. The fourth-order valence-corrected chi connectivity index (χ4v) is 2.67. The lowest BCUT2D eigenvalue weighted by Crippen LogP contribution is -2.26. The van der Waals surface area contributed by atoms with Crippen molar-refractivity contribution in [3.05, 3.63) is 76.6 Å². The van der Waals surface area contributed by atoms with Crippen LogP contribution in [0.15, 0.2) is 65.5 Å². The van der Waals surface area contributed by atoms with Gasteiger partial charge in [0.05, 0.1) is 5.52 Å². The number of pyridine rings is 1. The summed E-state index contributed by atoms with van der Waals surface area (Å²) < 4.78 is 12.1. The summed E-state index contributed by atoms with van der Waals surface area (Å²) in [4.78, 5) is 24.3. The van der Waals surface area contributed by atoms with Gasteiger partial charge in [-0.05, 0) is 30.7 Å². The molecule has 2 aromatic carbocycles. The van der Waals surface area contributed by atoms with Gasteiger partial charge in [-0.25, -0.2) is 0 Å². The number of benzene rings is 2. The van der Waals surface area contributed by atoms with E-state index in [4.69, 9.17) is 9.47 Å². The molecule has 25 heavy (non-hydrogen) atoms. The van der Waals surface area contributed by atoms with Crippen LogP contribution >= 0.6 is 0 Å². The van der Waals surface area contributed by atoms with Crippen LogP contribution in [0.1, 0.15) is 5.56 Å². The summed E-state index contributed by atoms with van der Waals surface area (Å²) in [6, 6.07) is 18.4. The number of carbonyl (C=O) groups excluding carboxylic acids is 1. The molecule has 5 nitrogen and oxygen atoms in total. The van der Waals surface area contributed by atoms with Gasteiger partial charge in [-0.2, -0.15) is 0 Å². The van der Waals surface area contributed by atoms with Crippen LogP contribution in [0.25, 0.3) is 10.9 Å². The summed E-state index contributed by atoms with van der Waals surface area (Å²) in [6.45, 7) is 2.16. The highest BCUT2D eigenvalue weighted by Gasteiger charge is 2.11. The third-order valence-electron chi connectivity index (χ3n) is 3.87. The van der Waals surface area contributed by atoms with E-state index in [9.17, 15) is 9.59 Å². The second kappa shape index (κ2) is 7.66. The van der Waals surface area contributed by atoms with E-state index in [1.807, 2.05) is 61.5 Å². The Bertz CT molecular complexity index is 931. The molecule has 128 valence electrons. The van der Waals surface area contributed by atoms with Gasteiger partial charge in [-0.3, -0.25) is 14.2 Å². The largest absolute Gasteiger partial charge is 0.490 e. The Morgan fingerprint density at radius 2 is 1.72 bits per heavy atom. The predicted octanol–water partition coefficient (Wildman–Crippen LogP) is 2.93. The average molecular weight is 337 g/mol. The van der Waals surface area contributed by atoms with Crippen molar-refractivity contribution in [1.82, 2.24) is 4.57 Å². The molecule has 0 saturated heterocycles. The first kappa shape index (κ1) is 16.8. The zero-order chi connectivity index (χ0) is 17.6. The van der Waals surface area contributed by atoms with E-state index < -0.39 is 5.97 Å². The van der Waals surface area contributed by atoms with Crippen LogP contribution in [0.2, 0.25) is 0 Å². The lowest BCUT2D eigenvalue weighted by molar-refractivity contribution is -0.145. The molecule has 0 amide bonds. The van der Waals surface area contributed by atoms with Crippen LogP contribution in [0.5, 0.6) is 5.75 Å². The zero-order valence-electron chi connectivity index (χ0n) is 14.0. The maximum atomic E-state index is 12.2. The molecule has 0 aliphatic rings. The van der Waals surface area contributed by atoms with Crippen LogP contribution in [0.3, 0.4) is 0 Å². The average Bonchev–Trinajstić information content (AvgIpc) is 2.63. The molecule has 3 aromatic rings. The number of hydrogen-bond acceptors (Lipinski definition) is 4. The van der Waals surface area contributed by atoms with Crippen LogP contribution < -0.4 is 10.3 Å². The van der Waals surface area contributed by atoms with Gasteiger partial charge in [0.25, 0.3) is 5.56 Å². The van der Waals surface area contributed by atoms with E-state index in [0.29, 0.717) is 0 Å². The molecule has 0 saturated carbocycles. The van der Waals surface area contributed by atoms with E-state index in [1.165, 1.54) is 10.6 Å². The standard InChI is InChI=1S/C20H19NO4/c1-15-13-19(22)21(18-10-6-5-9-17(15)18)14-20(23)25-12-11-24-16-7-3-2-4-8-16/h2-10,13H,11-12,14H2,1H3. The van der Waals surface area contributed by atoms with Crippen LogP contribution in [0.4, 0.5) is 0 Å². The van der Waals surface area contributed by atoms with E-state index in [1.54, 1.807) is 0 Å². The van der Waals surface area contributed by atoms with Gasteiger partial charge >= 0.3 is 5.97 Å². The highest BCUT2D eigenvalue weighted by Crippen LogP contribution is 2.15. The number of aromatic nitrogens is 1. The molecular weight excluding hydrogens is 318 g/mol. The molecule has 0 aliphatic carbocycles. The van der Waals surface area contributed by atoms with Crippen molar-refractivity contribution in [2.75, 3.05) is 13.2 Å². The lowest BCUT2D eigenvalue weighted by Gasteiger charge is -2.12. The number of para-hydroxylation sites is 2. The third kappa shape index (κ3) is 4.07. The van der Waals surface area contributed by atoms with Gasteiger partial charge in [0.15, 0.2) is 0 Å². The number of fused-ring (bicyclic) bond motifs is 1. The van der Waals surface area contributed by atoms with Gasteiger partial charge in [0, 0.05) is 11.5 Å². The second-order valence-corrected chi connectivity index (χ2v) is 5.65. The molecule has 0 aliphatic heterocycles. The van der Waals surface area contributed by atoms with Gasteiger partial charge < -0.3 is 9.47 Å². The van der Waals surface area contributed by atoms with E-state index in [-0.39, 0.29) is 25.3 Å². The molecule has 0 radical (unpaired) electrons. The molecule has 0 spiro atoms. The molecule has 5 heteroatoms. The van der Waals surface area contributed by atoms with E-state index >= 15 is 0 Å². The van der Waals surface area contributed by atoms with Crippen molar-refractivity contribution in [3.63, 3.8) is 0 Å². The predicted molar refractivity (Wildman–Crippen MR) is 95.8 cm³/mol. The highest BCUT2D eigenvalue weighted by atomic mass is 16.6. The first-order valence-electron chi connectivity index (χ1n) is 8.08. The highest BCUT2D eigenvalue weighted by molar-refractivity contribution is 5.83. The Kier molecular flexibility index (Phi) is 5.14. The van der Waals surface area contributed by atoms with Crippen LogP contribution in [-0.2, 0) is 16.1 Å². The quantitative estimate of drug-likeness (QED) is 0.513. The number of ether oxygens (including phenoxy) is 2. The number of rotatable bonds is 6. The Balaban J connectivity index is 1.62. The molecule has 0 N–H and O–H groups in total. The molecule has 0 fully saturated rings. The number of nitrogens with zero attached hydrogens (tertiary/aromatic N) is 1. The van der Waals surface area contributed by atoms with E-state index in [0.717, 1.165) is 22.2 Å². The molecule has 3 rings (SSSR count). The third-order valence-corrected chi connectivity index (χ3v) is 3.87. The van der Waals surface area contributed by atoms with Gasteiger partial charge in [0.1, 0.15) is 25.5 Å². The van der Waals surface area contributed by atoms with Crippen molar-refractivity contribution in [2.45, 2.75) is 13.5 Å². The van der Waals surface area contributed by atoms with Crippen molar-refractivity contribution in [1.29, 1.82) is 0 Å². The van der Waals surface area contributed by atoms with Crippen LogP contribution in [0, 0.1) is 6.92 Å². The van der Waals surface area contributed by atoms with Gasteiger partial charge in [-0.15, -0.1) is 0 Å². The van der Waals surface area contributed by atoms with Crippen LogP contribution in [-0.4, -0.2) is 23.8 Å². The van der Waals surface area contributed by atoms with E-state index in [2.05, 4.69) is 0 Å².